The molecule has 3 aromatic rings. The predicted molar refractivity (Wildman–Crippen MR) is 96.3 cm³/mol. The number of esters is 1. The number of ether oxygens (including phenoxy) is 1. The monoisotopic (exact) mass is 429 g/mol. The van der Waals surface area contributed by atoms with E-state index in [0.717, 1.165) is 18.2 Å². The number of benzene rings is 2. The normalized spacial score (nSPS) is 11.5. The van der Waals surface area contributed by atoms with Crippen LogP contribution in [0.15, 0.2) is 40.8 Å². The van der Waals surface area contributed by atoms with Gasteiger partial charge in [0.1, 0.15) is 11.4 Å². The molecule has 0 unspecified atom stereocenters. The van der Waals surface area contributed by atoms with Gasteiger partial charge in [0.25, 0.3) is 5.91 Å². The standard InChI is InChI=1S/C19H12ClF4NO4/c1-9-11-7-10(21)5-6-14(11)29-17(9)18(27)28-8-15(26)25-16-12(19(22,23)24)3-2-4-13(16)20/h2-7H,8H2,1H3,(H,25,26). The molecule has 1 aromatic heterocycles. The number of nitrogens with one attached hydrogen (secondary N) is 1. The number of anilines is 1. The average molecular weight is 430 g/mol. The van der Waals surface area contributed by atoms with Crippen molar-refractivity contribution < 1.29 is 36.3 Å². The van der Waals surface area contributed by atoms with Gasteiger partial charge in [-0.05, 0) is 37.3 Å². The Kier molecular flexibility index (Phi) is 5.52. The molecule has 3 rings (SSSR count). The van der Waals surface area contributed by atoms with Gasteiger partial charge < -0.3 is 14.5 Å². The number of aryl methyl sites for hydroxylation is 1. The molecule has 0 aliphatic heterocycles. The van der Waals surface area contributed by atoms with E-state index in [-0.39, 0.29) is 16.4 Å². The highest BCUT2D eigenvalue weighted by molar-refractivity contribution is 6.34. The van der Waals surface area contributed by atoms with Gasteiger partial charge in [0, 0.05) is 10.9 Å². The van der Waals surface area contributed by atoms with Crippen LogP contribution in [0.5, 0.6) is 0 Å². The van der Waals surface area contributed by atoms with Crippen LogP contribution < -0.4 is 5.32 Å². The summed E-state index contributed by atoms with van der Waals surface area (Å²) >= 11 is 5.75. The van der Waals surface area contributed by atoms with E-state index < -0.39 is 41.7 Å². The molecule has 29 heavy (non-hydrogen) atoms. The first-order chi connectivity index (χ1) is 13.6. The van der Waals surface area contributed by atoms with E-state index in [4.69, 9.17) is 20.8 Å². The highest BCUT2D eigenvalue weighted by Crippen LogP contribution is 2.38. The van der Waals surface area contributed by atoms with Gasteiger partial charge in [-0.1, -0.05) is 17.7 Å². The van der Waals surface area contributed by atoms with Crippen molar-refractivity contribution in [3.8, 4) is 0 Å². The van der Waals surface area contributed by atoms with Crippen LogP contribution in [0, 0.1) is 12.7 Å². The van der Waals surface area contributed by atoms with Crippen molar-refractivity contribution in [3.63, 3.8) is 0 Å². The lowest BCUT2D eigenvalue weighted by molar-refractivity contribution is -0.137. The number of furan rings is 1. The molecule has 0 saturated carbocycles. The third kappa shape index (κ3) is 4.34. The van der Waals surface area contributed by atoms with Crippen molar-refractivity contribution in [2.45, 2.75) is 13.1 Å². The Bertz CT molecular complexity index is 1110. The minimum Gasteiger partial charge on any atom is -0.450 e. The SMILES string of the molecule is Cc1c(C(=O)OCC(=O)Nc2c(Cl)cccc2C(F)(F)F)oc2ccc(F)cc12. The van der Waals surface area contributed by atoms with Crippen LogP contribution >= 0.6 is 11.6 Å². The number of halogens is 5. The van der Waals surface area contributed by atoms with Gasteiger partial charge in [0.2, 0.25) is 5.76 Å². The molecule has 152 valence electrons. The number of rotatable bonds is 4. The molecule has 5 nitrogen and oxygen atoms in total. The number of hydrogen-bond acceptors (Lipinski definition) is 4. The zero-order chi connectivity index (χ0) is 21.3. The minimum absolute atomic E-state index is 0.242. The second-order valence-electron chi connectivity index (χ2n) is 5.98. The molecule has 0 aliphatic rings. The molecule has 10 heteroatoms. The summed E-state index contributed by atoms with van der Waals surface area (Å²) in [5.41, 5.74) is -1.24. The Hall–Kier alpha value is -3.07. The van der Waals surface area contributed by atoms with E-state index in [0.29, 0.717) is 10.9 Å². The molecule has 0 fully saturated rings. The molecule has 0 aliphatic carbocycles. The smallest absolute Gasteiger partial charge is 0.418 e. The molecular weight excluding hydrogens is 418 g/mol. The molecule has 0 bridgehead atoms. The number of carbonyl (C=O) groups is 2. The maximum Gasteiger partial charge on any atom is 0.418 e. The second kappa shape index (κ2) is 7.75. The number of alkyl halides is 3. The van der Waals surface area contributed by atoms with E-state index in [1.165, 1.54) is 25.1 Å². The first-order valence-corrected chi connectivity index (χ1v) is 8.47. The summed E-state index contributed by atoms with van der Waals surface area (Å²) < 4.78 is 62.6. The van der Waals surface area contributed by atoms with Gasteiger partial charge in [-0.25, -0.2) is 9.18 Å². The maximum atomic E-state index is 13.3. The number of para-hydroxylation sites is 1. The van der Waals surface area contributed by atoms with Crippen molar-refractivity contribution >= 4 is 40.1 Å². The lowest BCUT2D eigenvalue weighted by Crippen LogP contribution is -2.23. The van der Waals surface area contributed by atoms with Gasteiger partial charge in [-0.2, -0.15) is 13.2 Å². The van der Waals surface area contributed by atoms with Crippen molar-refractivity contribution in [2.75, 3.05) is 11.9 Å². The van der Waals surface area contributed by atoms with Crippen LogP contribution in [0.3, 0.4) is 0 Å². The van der Waals surface area contributed by atoms with Gasteiger partial charge in [0.05, 0.1) is 16.3 Å². The van der Waals surface area contributed by atoms with Gasteiger partial charge in [-0.15, -0.1) is 0 Å². The fraction of sp³-hybridized carbons (Fsp3) is 0.158. The summed E-state index contributed by atoms with van der Waals surface area (Å²) in [7, 11) is 0. The van der Waals surface area contributed by atoms with Crippen LogP contribution in [0.1, 0.15) is 21.7 Å². The number of hydrogen-bond donors (Lipinski definition) is 1. The molecule has 1 N–H and O–H groups in total. The zero-order valence-corrected chi connectivity index (χ0v) is 15.4. The average Bonchev–Trinajstić information content (AvgIpc) is 2.97. The lowest BCUT2D eigenvalue weighted by atomic mass is 10.1. The van der Waals surface area contributed by atoms with Crippen LogP contribution in [0.2, 0.25) is 5.02 Å². The van der Waals surface area contributed by atoms with Crippen molar-refractivity contribution in [1.29, 1.82) is 0 Å². The Balaban J connectivity index is 1.72. The van der Waals surface area contributed by atoms with Gasteiger partial charge in [0.15, 0.2) is 6.61 Å². The summed E-state index contributed by atoms with van der Waals surface area (Å²) in [6, 6.07) is 6.67. The maximum absolute atomic E-state index is 13.3. The summed E-state index contributed by atoms with van der Waals surface area (Å²) in [6.45, 7) is 0.619. The van der Waals surface area contributed by atoms with Crippen LogP contribution in [-0.2, 0) is 15.7 Å². The first-order valence-electron chi connectivity index (χ1n) is 8.09. The minimum atomic E-state index is -4.75. The summed E-state index contributed by atoms with van der Waals surface area (Å²) in [4.78, 5) is 24.2. The number of amides is 1. The van der Waals surface area contributed by atoms with Crippen LogP contribution in [0.4, 0.5) is 23.2 Å². The molecule has 2 aromatic carbocycles. The second-order valence-corrected chi connectivity index (χ2v) is 6.39. The molecule has 0 atom stereocenters. The fourth-order valence-electron chi connectivity index (χ4n) is 2.65. The quantitative estimate of drug-likeness (QED) is 0.448. The molecule has 1 amide bonds. The highest BCUT2D eigenvalue weighted by Gasteiger charge is 2.35. The van der Waals surface area contributed by atoms with E-state index in [2.05, 4.69) is 0 Å². The van der Waals surface area contributed by atoms with E-state index >= 15 is 0 Å². The molecule has 0 saturated heterocycles. The van der Waals surface area contributed by atoms with E-state index in [9.17, 15) is 27.2 Å². The fourth-order valence-corrected chi connectivity index (χ4v) is 2.87. The van der Waals surface area contributed by atoms with Crippen molar-refractivity contribution in [1.82, 2.24) is 0 Å². The summed E-state index contributed by atoms with van der Waals surface area (Å²) in [5.74, 6) is -2.82. The van der Waals surface area contributed by atoms with Crippen LogP contribution in [0.25, 0.3) is 11.0 Å². The molecule has 0 radical (unpaired) electrons. The summed E-state index contributed by atoms with van der Waals surface area (Å²) in [5, 5.41) is 2.02. The Morgan fingerprint density at radius 2 is 1.93 bits per heavy atom. The number of fused-ring (bicyclic) bond motifs is 1. The van der Waals surface area contributed by atoms with E-state index in [1.54, 1.807) is 0 Å². The topological polar surface area (TPSA) is 68.5 Å². The third-order valence-electron chi connectivity index (χ3n) is 4.00. The molecule has 1 heterocycles. The zero-order valence-electron chi connectivity index (χ0n) is 14.7. The Labute approximate surface area is 166 Å². The Morgan fingerprint density at radius 3 is 2.62 bits per heavy atom. The van der Waals surface area contributed by atoms with Crippen molar-refractivity contribution in [3.05, 3.63) is 64.1 Å². The van der Waals surface area contributed by atoms with Gasteiger partial charge >= 0.3 is 12.1 Å². The lowest BCUT2D eigenvalue weighted by Gasteiger charge is -2.15. The highest BCUT2D eigenvalue weighted by atomic mass is 35.5. The number of carbonyl (C=O) groups excluding carboxylic acids is 2. The van der Waals surface area contributed by atoms with E-state index in [1.807, 2.05) is 5.32 Å². The van der Waals surface area contributed by atoms with Gasteiger partial charge in [-0.3, -0.25) is 4.79 Å². The molecule has 0 spiro atoms. The van der Waals surface area contributed by atoms with Crippen LogP contribution in [-0.4, -0.2) is 18.5 Å². The Morgan fingerprint density at radius 1 is 1.21 bits per heavy atom. The van der Waals surface area contributed by atoms with Crippen molar-refractivity contribution in [2.24, 2.45) is 0 Å². The largest absolute Gasteiger partial charge is 0.450 e. The molecular formula is C19H12ClF4NO4. The summed E-state index contributed by atoms with van der Waals surface area (Å²) in [6.07, 6.45) is -4.75. The third-order valence-corrected chi connectivity index (χ3v) is 4.32. The first kappa shape index (κ1) is 20.7. The predicted octanol–water partition coefficient (Wildman–Crippen LogP) is 5.35.